The van der Waals surface area contributed by atoms with Crippen LogP contribution in [0.25, 0.3) is 0 Å². The molecule has 25 heavy (non-hydrogen) atoms. The summed E-state index contributed by atoms with van der Waals surface area (Å²) in [4.78, 5) is 35.6. The summed E-state index contributed by atoms with van der Waals surface area (Å²) in [6.45, 7) is 0.554. The van der Waals surface area contributed by atoms with Crippen LogP contribution in [0.3, 0.4) is 0 Å². The van der Waals surface area contributed by atoms with Crippen LogP contribution in [0, 0.1) is 0 Å². The third kappa shape index (κ3) is 4.72. The van der Waals surface area contributed by atoms with Gasteiger partial charge in [0.25, 0.3) is 11.8 Å². The molecule has 2 aromatic heterocycles. The molecule has 3 rings (SSSR count). The highest BCUT2D eigenvalue weighted by atomic mass is 16.4. The molecule has 2 amide bonds. The number of oxazole rings is 1. The topological polar surface area (TPSA) is 110 Å². The number of nitrogens with zero attached hydrogens (tertiary/aromatic N) is 3. The maximum Gasteiger partial charge on any atom is 0.302 e. The van der Waals surface area contributed by atoms with Gasteiger partial charge in [-0.2, -0.15) is 4.98 Å². The van der Waals surface area contributed by atoms with Crippen molar-refractivity contribution in [2.45, 2.75) is 32.1 Å². The summed E-state index contributed by atoms with van der Waals surface area (Å²) in [5.41, 5.74) is 1.64. The van der Waals surface area contributed by atoms with Gasteiger partial charge >= 0.3 is 6.01 Å². The first-order chi connectivity index (χ1) is 12.2. The van der Waals surface area contributed by atoms with E-state index in [-0.39, 0.29) is 23.3 Å². The Kier molecular flexibility index (Phi) is 5.50. The lowest BCUT2D eigenvalue weighted by Gasteiger charge is -2.12. The zero-order chi connectivity index (χ0) is 17.5. The van der Waals surface area contributed by atoms with E-state index in [1.807, 2.05) is 0 Å². The SMILES string of the molecule is O=C(NCCC1=CCCCC1)c1coc(NC(=O)c2cnccn2)n1. The molecule has 1 aliphatic carbocycles. The van der Waals surface area contributed by atoms with Crippen molar-refractivity contribution in [1.82, 2.24) is 20.3 Å². The van der Waals surface area contributed by atoms with Crippen molar-refractivity contribution in [2.24, 2.45) is 0 Å². The van der Waals surface area contributed by atoms with Crippen LogP contribution in [0.15, 0.2) is 40.9 Å². The molecule has 0 saturated heterocycles. The summed E-state index contributed by atoms with van der Waals surface area (Å²) in [5.74, 6) is -0.841. The van der Waals surface area contributed by atoms with Crippen LogP contribution in [0.1, 0.15) is 53.1 Å². The van der Waals surface area contributed by atoms with Gasteiger partial charge < -0.3 is 9.73 Å². The molecule has 0 aliphatic heterocycles. The van der Waals surface area contributed by atoms with Crippen molar-refractivity contribution in [3.05, 3.63) is 47.9 Å². The molecule has 1 aliphatic rings. The van der Waals surface area contributed by atoms with Gasteiger partial charge in [-0.05, 0) is 32.1 Å². The van der Waals surface area contributed by atoms with Gasteiger partial charge in [-0.3, -0.25) is 19.9 Å². The van der Waals surface area contributed by atoms with Gasteiger partial charge in [0, 0.05) is 18.9 Å². The molecule has 2 heterocycles. The van der Waals surface area contributed by atoms with E-state index in [1.165, 1.54) is 43.3 Å². The fraction of sp³-hybridized carbons (Fsp3) is 0.353. The van der Waals surface area contributed by atoms with Crippen LogP contribution in [-0.2, 0) is 0 Å². The Morgan fingerprint density at radius 1 is 1.16 bits per heavy atom. The number of hydrogen-bond acceptors (Lipinski definition) is 6. The molecule has 2 N–H and O–H groups in total. The smallest absolute Gasteiger partial charge is 0.302 e. The number of allylic oxidation sites excluding steroid dienone is 1. The molecule has 0 saturated carbocycles. The molecule has 8 nitrogen and oxygen atoms in total. The number of hydrogen-bond donors (Lipinski definition) is 2. The summed E-state index contributed by atoms with van der Waals surface area (Å²) < 4.78 is 5.11. The van der Waals surface area contributed by atoms with E-state index >= 15 is 0 Å². The minimum atomic E-state index is -0.508. The Hall–Kier alpha value is -3.03. The van der Waals surface area contributed by atoms with Crippen molar-refractivity contribution in [1.29, 1.82) is 0 Å². The van der Waals surface area contributed by atoms with E-state index in [2.05, 4.69) is 31.7 Å². The zero-order valence-electron chi connectivity index (χ0n) is 13.7. The third-order valence-electron chi connectivity index (χ3n) is 3.87. The van der Waals surface area contributed by atoms with Gasteiger partial charge in [0.15, 0.2) is 5.69 Å². The van der Waals surface area contributed by atoms with E-state index in [4.69, 9.17) is 4.42 Å². The van der Waals surface area contributed by atoms with Crippen molar-refractivity contribution in [3.8, 4) is 0 Å². The highest BCUT2D eigenvalue weighted by Crippen LogP contribution is 2.19. The summed E-state index contributed by atoms with van der Waals surface area (Å²) in [7, 11) is 0. The number of aromatic nitrogens is 3. The van der Waals surface area contributed by atoms with E-state index in [0.29, 0.717) is 6.54 Å². The van der Waals surface area contributed by atoms with Crippen molar-refractivity contribution < 1.29 is 14.0 Å². The van der Waals surface area contributed by atoms with Crippen LogP contribution < -0.4 is 10.6 Å². The molecule has 0 bridgehead atoms. The molecule has 0 radical (unpaired) electrons. The quantitative estimate of drug-likeness (QED) is 0.780. The predicted octanol–water partition coefficient (Wildman–Crippen LogP) is 2.34. The Balaban J connectivity index is 1.49. The molecular formula is C17H19N5O3. The largest absolute Gasteiger partial charge is 0.431 e. The van der Waals surface area contributed by atoms with Crippen LogP contribution >= 0.6 is 0 Å². The third-order valence-corrected chi connectivity index (χ3v) is 3.87. The second-order valence-corrected chi connectivity index (χ2v) is 5.70. The lowest BCUT2D eigenvalue weighted by atomic mass is 9.97. The van der Waals surface area contributed by atoms with E-state index in [9.17, 15) is 9.59 Å². The van der Waals surface area contributed by atoms with Crippen LogP contribution in [-0.4, -0.2) is 33.3 Å². The second kappa shape index (κ2) is 8.18. The number of anilines is 1. The number of rotatable bonds is 6. The second-order valence-electron chi connectivity index (χ2n) is 5.70. The van der Waals surface area contributed by atoms with Gasteiger partial charge in [-0.15, -0.1) is 0 Å². The molecular weight excluding hydrogens is 322 g/mol. The fourth-order valence-electron chi connectivity index (χ4n) is 2.57. The predicted molar refractivity (Wildman–Crippen MR) is 90.0 cm³/mol. The first kappa shape index (κ1) is 16.8. The normalized spacial score (nSPS) is 13.8. The molecule has 0 spiro atoms. The van der Waals surface area contributed by atoms with Gasteiger partial charge in [-0.25, -0.2) is 4.98 Å². The Morgan fingerprint density at radius 3 is 2.84 bits per heavy atom. The summed E-state index contributed by atoms with van der Waals surface area (Å²) >= 11 is 0. The Morgan fingerprint density at radius 2 is 2.08 bits per heavy atom. The van der Waals surface area contributed by atoms with Gasteiger partial charge in [0.05, 0.1) is 6.20 Å². The lowest BCUT2D eigenvalue weighted by molar-refractivity contribution is 0.0947. The lowest BCUT2D eigenvalue weighted by Crippen LogP contribution is -2.25. The molecule has 0 fully saturated rings. The van der Waals surface area contributed by atoms with E-state index in [1.54, 1.807) is 0 Å². The summed E-state index contributed by atoms with van der Waals surface area (Å²) in [6, 6.07) is -0.0595. The molecule has 0 atom stereocenters. The van der Waals surface area contributed by atoms with Gasteiger partial charge in [0.2, 0.25) is 0 Å². The highest BCUT2D eigenvalue weighted by molar-refractivity contribution is 6.01. The monoisotopic (exact) mass is 341 g/mol. The van der Waals surface area contributed by atoms with Crippen LogP contribution in [0.2, 0.25) is 0 Å². The van der Waals surface area contributed by atoms with Gasteiger partial charge in [0.1, 0.15) is 12.0 Å². The first-order valence-corrected chi connectivity index (χ1v) is 8.21. The summed E-state index contributed by atoms with van der Waals surface area (Å²) in [6.07, 6.45) is 13.2. The fourth-order valence-corrected chi connectivity index (χ4v) is 2.57. The van der Waals surface area contributed by atoms with Crippen molar-refractivity contribution in [2.75, 3.05) is 11.9 Å². The van der Waals surface area contributed by atoms with E-state index < -0.39 is 5.91 Å². The van der Waals surface area contributed by atoms with E-state index in [0.717, 1.165) is 19.3 Å². The molecule has 0 aromatic carbocycles. The van der Waals surface area contributed by atoms with Crippen LogP contribution in [0.4, 0.5) is 6.01 Å². The highest BCUT2D eigenvalue weighted by Gasteiger charge is 2.15. The number of carbonyl (C=O) groups is 2. The number of carbonyl (C=O) groups excluding carboxylic acids is 2. The summed E-state index contributed by atoms with van der Waals surface area (Å²) in [5, 5.41) is 5.24. The minimum Gasteiger partial charge on any atom is -0.431 e. The van der Waals surface area contributed by atoms with Crippen molar-refractivity contribution >= 4 is 17.8 Å². The minimum absolute atomic E-state index is 0.0595. The average Bonchev–Trinajstić information content (AvgIpc) is 3.12. The van der Waals surface area contributed by atoms with Crippen molar-refractivity contribution in [3.63, 3.8) is 0 Å². The molecule has 2 aromatic rings. The molecule has 0 unspecified atom stereocenters. The average molecular weight is 341 g/mol. The zero-order valence-corrected chi connectivity index (χ0v) is 13.7. The standard InChI is InChI=1S/C17H19N5O3/c23-15(20-7-6-12-4-2-1-3-5-12)14-11-25-17(21-14)22-16(24)13-10-18-8-9-19-13/h4,8-11H,1-3,5-7H2,(H,20,23)(H,21,22,24). The molecule has 130 valence electrons. The maximum atomic E-state index is 12.1. The Bertz CT molecular complexity index is 770. The Labute approximate surface area is 144 Å². The number of nitrogens with one attached hydrogen (secondary N) is 2. The van der Waals surface area contributed by atoms with Crippen LogP contribution in [0.5, 0.6) is 0 Å². The number of amides is 2. The van der Waals surface area contributed by atoms with Gasteiger partial charge in [-0.1, -0.05) is 11.6 Å². The molecule has 8 heteroatoms. The maximum absolute atomic E-state index is 12.1. The first-order valence-electron chi connectivity index (χ1n) is 8.21.